The van der Waals surface area contributed by atoms with Gasteiger partial charge in [-0.05, 0) is 61.1 Å². The number of carboxylic acids is 1. The predicted octanol–water partition coefficient (Wildman–Crippen LogP) is 3.67. The van der Waals surface area contributed by atoms with Gasteiger partial charge in [-0.1, -0.05) is 6.07 Å². The van der Waals surface area contributed by atoms with Crippen LogP contribution in [0.3, 0.4) is 0 Å². The number of carboxylic acid groups (broad SMARTS) is 1. The van der Waals surface area contributed by atoms with E-state index in [1.807, 2.05) is 24.3 Å². The molecule has 0 bridgehead atoms. The second kappa shape index (κ2) is 6.24. The first kappa shape index (κ1) is 15.7. The highest BCUT2D eigenvalue weighted by Gasteiger charge is 2.25. The molecule has 0 saturated carbocycles. The maximum Gasteiger partial charge on any atom is 0.303 e. The zero-order valence-corrected chi connectivity index (χ0v) is 13.8. The lowest BCUT2D eigenvalue weighted by Gasteiger charge is -2.07. The Balaban J connectivity index is 1.67. The van der Waals surface area contributed by atoms with E-state index in [0.29, 0.717) is 17.8 Å². The van der Waals surface area contributed by atoms with Gasteiger partial charge >= 0.3 is 5.97 Å². The van der Waals surface area contributed by atoms with Gasteiger partial charge in [-0.3, -0.25) is 9.59 Å². The van der Waals surface area contributed by atoms with E-state index in [1.54, 1.807) is 6.08 Å². The molecule has 0 saturated heterocycles. The summed E-state index contributed by atoms with van der Waals surface area (Å²) in [6.45, 7) is 0. The smallest absolute Gasteiger partial charge is 0.303 e. The molecule has 4 rings (SSSR count). The van der Waals surface area contributed by atoms with Crippen LogP contribution in [-0.4, -0.2) is 17.0 Å². The summed E-state index contributed by atoms with van der Waals surface area (Å²) in [5.41, 5.74) is 4.28. The second-order valence-electron chi connectivity index (χ2n) is 6.59. The van der Waals surface area contributed by atoms with Crippen LogP contribution in [0, 0.1) is 0 Å². The van der Waals surface area contributed by atoms with Crippen LogP contribution in [0.5, 0.6) is 0 Å². The lowest BCUT2D eigenvalue weighted by atomic mass is 9.98. The molecule has 0 unspecified atom stereocenters. The number of rotatable bonds is 4. The van der Waals surface area contributed by atoms with Crippen molar-refractivity contribution in [1.82, 2.24) is 0 Å². The SMILES string of the molecule is O=C(O)CCc1ccc2c(c1)C(=Cc1cc3c(o1)CCCC3)C(=O)N2. The fourth-order valence-electron chi connectivity index (χ4n) is 3.51. The van der Waals surface area contributed by atoms with Crippen molar-refractivity contribution in [2.24, 2.45) is 0 Å². The third-order valence-corrected chi connectivity index (χ3v) is 4.80. The van der Waals surface area contributed by atoms with Crippen LogP contribution in [-0.2, 0) is 28.9 Å². The Morgan fingerprint density at radius 1 is 1.24 bits per heavy atom. The molecule has 2 aromatic rings. The van der Waals surface area contributed by atoms with Crippen LogP contribution in [0.4, 0.5) is 5.69 Å². The zero-order valence-electron chi connectivity index (χ0n) is 13.8. The predicted molar refractivity (Wildman–Crippen MR) is 94.2 cm³/mol. The summed E-state index contributed by atoms with van der Waals surface area (Å²) in [5.74, 6) is 0.763. The van der Waals surface area contributed by atoms with E-state index in [9.17, 15) is 9.59 Å². The third-order valence-electron chi connectivity index (χ3n) is 4.80. The van der Waals surface area contributed by atoms with Gasteiger partial charge in [0.05, 0.1) is 5.57 Å². The van der Waals surface area contributed by atoms with E-state index < -0.39 is 5.97 Å². The van der Waals surface area contributed by atoms with Crippen LogP contribution >= 0.6 is 0 Å². The number of hydrogen-bond acceptors (Lipinski definition) is 3. The van der Waals surface area contributed by atoms with Crippen LogP contribution in [0.15, 0.2) is 28.7 Å². The van der Waals surface area contributed by atoms with Crippen molar-refractivity contribution in [3.8, 4) is 0 Å². The average Bonchev–Trinajstić information content (AvgIpc) is 3.14. The Labute approximate surface area is 145 Å². The van der Waals surface area contributed by atoms with Gasteiger partial charge in [-0.15, -0.1) is 0 Å². The van der Waals surface area contributed by atoms with Crippen LogP contribution < -0.4 is 5.32 Å². The molecule has 0 radical (unpaired) electrons. The number of furan rings is 1. The van der Waals surface area contributed by atoms with Gasteiger partial charge < -0.3 is 14.8 Å². The highest BCUT2D eigenvalue weighted by molar-refractivity contribution is 6.34. The fourth-order valence-corrected chi connectivity index (χ4v) is 3.51. The van der Waals surface area contributed by atoms with E-state index in [0.717, 1.165) is 41.8 Å². The number of benzene rings is 1. The van der Waals surface area contributed by atoms with Crippen LogP contribution in [0.1, 0.15) is 47.5 Å². The van der Waals surface area contributed by atoms with Crippen molar-refractivity contribution in [3.05, 3.63) is 52.5 Å². The summed E-state index contributed by atoms with van der Waals surface area (Å²) in [7, 11) is 0. The average molecular weight is 337 g/mol. The van der Waals surface area contributed by atoms with Gasteiger partial charge in [0.2, 0.25) is 0 Å². The number of carbonyl (C=O) groups is 2. The number of fused-ring (bicyclic) bond motifs is 2. The molecule has 1 aliphatic carbocycles. The van der Waals surface area contributed by atoms with E-state index in [1.165, 1.54) is 12.0 Å². The van der Waals surface area contributed by atoms with E-state index in [4.69, 9.17) is 9.52 Å². The number of nitrogens with one attached hydrogen (secondary N) is 1. The minimum absolute atomic E-state index is 0.0735. The van der Waals surface area contributed by atoms with Crippen LogP contribution in [0.2, 0.25) is 0 Å². The molecule has 1 aliphatic heterocycles. The van der Waals surface area contributed by atoms with Gasteiger partial charge in [0, 0.05) is 24.1 Å². The van der Waals surface area contributed by atoms with E-state index in [2.05, 4.69) is 5.32 Å². The molecule has 1 aromatic carbocycles. The first-order valence-corrected chi connectivity index (χ1v) is 8.60. The molecule has 0 spiro atoms. The highest BCUT2D eigenvalue weighted by atomic mass is 16.4. The minimum Gasteiger partial charge on any atom is -0.481 e. The molecule has 1 amide bonds. The lowest BCUT2D eigenvalue weighted by Crippen LogP contribution is -2.03. The second-order valence-corrected chi connectivity index (χ2v) is 6.59. The molecule has 2 heterocycles. The van der Waals surface area contributed by atoms with E-state index in [-0.39, 0.29) is 12.3 Å². The molecule has 1 aromatic heterocycles. The summed E-state index contributed by atoms with van der Waals surface area (Å²) in [6.07, 6.45) is 6.63. The summed E-state index contributed by atoms with van der Waals surface area (Å²) < 4.78 is 5.91. The molecular weight excluding hydrogens is 318 g/mol. The summed E-state index contributed by atoms with van der Waals surface area (Å²) in [5, 5.41) is 11.7. The van der Waals surface area contributed by atoms with Crippen molar-refractivity contribution in [2.75, 3.05) is 5.32 Å². The molecule has 128 valence electrons. The standard InChI is InChI=1S/C20H19NO4/c22-19(23)8-6-12-5-7-17-15(9-12)16(20(24)21-17)11-14-10-13-3-1-2-4-18(13)25-14/h5,7,9-11H,1-4,6,8H2,(H,21,24)(H,22,23). The quantitative estimate of drug-likeness (QED) is 0.834. The lowest BCUT2D eigenvalue weighted by molar-refractivity contribution is -0.137. The number of anilines is 1. The number of amides is 1. The Bertz CT molecular complexity index is 868. The largest absolute Gasteiger partial charge is 0.481 e. The number of hydrogen-bond donors (Lipinski definition) is 2. The summed E-state index contributed by atoms with van der Waals surface area (Å²) in [4.78, 5) is 23.1. The molecule has 2 N–H and O–H groups in total. The third kappa shape index (κ3) is 3.09. The Morgan fingerprint density at radius 3 is 2.88 bits per heavy atom. The topological polar surface area (TPSA) is 79.5 Å². The number of carbonyl (C=O) groups excluding carboxylic acids is 1. The maximum absolute atomic E-state index is 12.3. The van der Waals surface area contributed by atoms with Crippen molar-refractivity contribution >= 4 is 29.2 Å². The Hall–Kier alpha value is -2.82. The number of aryl methyl sites for hydroxylation is 3. The Morgan fingerprint density at radius 2 is 2.08 bits per heavy atom. The van der Waals surface area contributed by atoms with Gasteiger partial charge in [0.15, 0.2) is 0 Å². The first-order chi connectivity index (χ1) is 12.1. The van der Waals surface area contributed by atoms with Gasteiger partial charge in [0.1, 0.15) is 11.5 Å². The molecule has 0 atom stereocenters. The Kier molecular flexibility index (Phi) is 3.92. The summed E-state index contributed by atoms with van der Waals surface area (Å²) in [6, 6.07) is 7.61. The highest BCUT2D eigenvalue weighted by Crippen LogP contribution is 2.35. The normalized spacial score (nSPS) is 17.3. The molecule has 25 heavy (non-hydrogen) atoms. The fraction of sp³-hybridized carbons (Fsp3) is 0.300. The first-order valence-electron chi connectivity index (χ1n) is 8.60. The van der Waals surface area contributed by atoms with Gasteiger partial charge in [-0.25, -0.2) is 0 Å². The van der Waals surface area contributed by atoms with E-state index >= 15 is 0 Å². The van der Waals surface area contributed by atoms with Gasteiger partial charge in [0.25, 0.3) is 5.91 Å². The van der Waals surface area contributed by atoms with Crippen molar-refractivity contribution in [3.63, 3.8) is 0 Å². The molecule has 5 nitrogen and oxygen atoms in total. The monoisotopic (exact) mass is 337 g/mol. The van der Waals surface area contributed by atoms with Crippen molar-refractivity contribution in [2.45, 2.75) is 38.5 Å². The van der Waals surface area contributed by atoms with Crippen molar-refractivity contribution in [1.29, 1.82) is 0 Å². The minimum atomic E-state index is -0.827. The molecule has 5 heteroatoms. The molecule has 0 fully saturated rings. The molecular formula is C20H19NO4. The van der Waals surface area contributed by atoms with Crippen molar-refractivity contribution < 1.29 is 19.1 Å². The summed E-state index contributed by atoms with van der Waals surface area (Å²) >= 11 is 0. The van der Waals surface area contributed by atoms with Crippen LogP contribution in [0.25, 0.3) is 11.6 Å². The zero-order chi connectivity index (χ0) is 17.4. The van der Waals surface area contributed by atoms with Gasteiger partial charge in [-0.2, -0.15) is 0 Å². The molecule has 2 aliphatic rings. The maximum atomic E-state index is 12.3. The number of aliphatic carboxylic acids is 1.